The first-order valence-electron chi connectivity index (χ1n) is 6.63. The van der Waals surface area contributed by atoms with Crippen LogP contribution in [0, 0.1) is 0 Å². The van der Waals surface area contributed by atoms with Crippen LogP contribution < -0.4 is 20.6 Å². The van der Waals surface area contributed by atoms with Gasteiger partial charge >= 0.3 is 12.0 Å². The average Bonchev–Trinajstić information content (AvgIpc) is 2.56. The molecule has 118 valence electrons. The summed E-state index contributed by atoms with van der Waals surface area (Å²) in [7, 11) is 1.55. The molecule has 0 fully saturated rings. The highest BCUT2D eigenvalue weighted by molar-refractivity contribution is 5.91. The number of rotatable bonds is 5. The lowest BCUT2D eigenvalue weighted by molar-refractivity contribution is 0.0734. The van der Waals surface area contributed by atoms with E-state index in [2.05, 4.69) is 10.5 Å². The summed E-state index contributed by atoms with van der Waals surface area (Å²) < 4.78 is 10.3. The van der Waals surface area contributed by atoms with Gasteiger partial charge in [-0.2, -0.15) is 5.10 Å². The fourth-order valence-corrected chi connectivity index (χ4v) is 1.69. The molecule has 0 atom stereocenters. The number of benzene rings is 2. The van der Waals surface area contributed by atoms with E-state index in [1.54, 1.807) is 55.6 Å². The normalized spacial score (nSPS) is 10.3. The first-order chi connectivity index (χ1) is 11.1. The highest BCUT2D eigenvalue weighted by Gasteiger charge is 2.08. The van der Waals surface area contributed by atoms with E-state index in [4.69, 9.17) is 15.2 Å². The SMILES string of the molecule is COc1ccc(C(=O)Oc2ccc(/C=N\NC(N)=O)cc2)cc1. The summed E-state index contributed by atoms with van der Waals surface area (Å²) in [6.45, 7) is 0. The Morgan fingerprint density at radius 3 is 2.22 bits per heavy atom. The number of hydrogen-bond donors (Lipinski definition) is 2. The number of amides is 2. The molecule has 2 amide bonds. The lowest BCUT2D eigenvalue weighted by Crippen LogP contribution is -2.24. The van der Waals surface area contributed by atoms with Crippen LogP contribution in [-0.2, 0) is 0 Å². The van der Waals surface area contributed by atoms with Crippen molar-refractivity contribution in [2.45, 2.75) is 0 Å². The number of carbonyl (C=O) groups excluding carboxylic acids is 2. The number of carbonyl (C=O) groups is 2. The Hall–Kier alpha value is -3.35. The monoisotopic (exact) mass is 313 g/mol. The van der Waals surface area contributed by atoms with E-state index in [9.17, 15) is 9.59 Å². The number of hydrogen-bond acceptors (Lipinski definition) is 5. The van der Waals surface area contributed by atoms with Gasteiger partial charge in [0.15, 0.2) is 0 Å². The molecule has 7 nitrogen and oxygen atoms in total. The van der Waals surface area contributed by atoms with Gasteiger partial charge in [0.1, 0.15) is 11.5 Å². The maximum absolute atomic E-state index is 12.0. The fraction of sp³-hybridized carbons (Fsp3) is 0.0625. The zero-order valence-electron chi connectivity index (χ0n) is 12.4. The van der Waals surface area contributed by atoms with Crippen LogP contribution in [0.5, 0.6) is 11.5 Å². The minimum atomic E-state index is -0.744. The van der Waals surface area contributed by atoms with Crippen molar-refractivity contribution in [3.05, 3.63) is 59.7 Å². The molecule has 23 heavy (non-hydrogen) atoms. The summed E-state index contributed by atoms with van der Waals surface area (Å²) in [5, 5.41) is 3.63. The maximum Gasteiger partial charge on any atom is 0.343 e. The molecule has 0 unspecified atom stereocenters. The Labute approximate surface area is 132 Å². The number of esters is 1. The number of methoxy groups -OCH3 is 1. The van der Waals surface area contributed by atoms with Gasteiger partial charge in [0.25, 0.3) is 0 Å². The molecule has 0 aliphatic heterocycles. The molecule has 2 rings (SSSR count). The molecule has 0 saturated carbocycles. The van der Waals surface area contributed by atoms with Crippen molar-refractivity contribution < 1.29 is 19.1 Å². The van der Waals surface area contributed by atoms with Crippen LogP contribution in [-0.4, -0.2) is 25.3 Å². The molecule has 0 aromatic heterocycles. The van der Waals surface area contributed by atoms with Crippen LogP contribution in [0.3, 0.4) is 0 Å². The van der Waals surface area contributed by atoms with Crippen LogP contribution in [0.2, 0.25) is 0 Å². The number of hydrazone groups is 1. The molecular weight excluding hydrogens is 298 g/mol. The van der Waals surface area contributed by atoms with E-state index in [1.165, 1.54) is 6.21 Å². The lowest BCUT2D eigenvalue weighted by Gasteiger charge is -2.05. The highest BCUT2D eigenvalue weighted by atomic mass is 16.5. The third-order valence-electron chi connectivity index (χ3n) is 2.80. The zero-order chi connectivity index (χ0) is 16.7. The Kier molecular flexibility index (Phi) is 5.30. The smallest absolute Gasteiger partial charge is 0.343 e. The maximum atomic E-state index is 12.0. The van der Waals surface area contributed by atoms with Crippen LogP contribution in [0.15, 0.2) is 53.6 Å². The summed E-state index contributed by atoms with van der Waals surface area (Å²) in [6, 6.07) is 12.5. The van der Waals surface area contributed by atoms with Crippen LogP contribution in [0.25, 0.3) is 0 Å². The van der Waals surface area contributed by atoms with Gasteiger partial charge < -0.3 is 15.2 Å². The Morgan fingerprint density at radius 1 is 1.04 bits per heavy atom. The predicted octanol–water partition coefficient (Wildman–Crippen LogP) is 1.92. The highest BCUT2D eigenvalue weighted by Crippen LogP contribution is 2.16. The molecular formula is C16H15N3O4. The second kappa shape index (κ2) is 7.60. The predicted molar refractivity (Wildman–Crippen MR) is 84.7 cm³/mol. The average molecular weight is 313 g/mol. The number of primary amides is 1. The van der Waals surface area contributed by atoms with Gasteiger partial charge in [-0.05, 0) is 54.1 Å². The molecule has 7 heteroatoms. The lowest BCUT2D eigenvalue weighted by atomic mass is 10.2. The number of nitrogens with zero attached hydrogens (tertiary/aromatic N) is 1. The van der Waals surface area contributed by atoms with Gasteiger partial charge in [-0.25, -0.2) is 15.0 Å². The second-order valence-electron chi connectivity index (χ2n) is 4.42. The standard InChI is InChI=1S/C16H15N3O4/c1-22-13-8-4-12(5-9-13)15(20)23-14-6-2-11(3-7-14)10-18-19-16(17)21/h2-10H,1H3,(H3,17,19,21)/b18-10-. The van der Waals surface area contributed by atoms with Gasteiger partial charge in [-0.3, -0.25) is 0 Å². The largest absolute Gasteiger partial charge is 0.497 e. The first-order valence-corrected chi connectivity index (χ1v) is 6.63. The van der Waals surface area contributed by atoms with Gasteiger partial charge in [-0.1, -0.05) is 0 Å². The molecule has 0 heterocycles. The van der Waals surface area contributed by atoms with Gasteiger partial charge in [0.05, 0.1) is 18.9 Å². The number of urea groups is 1. The third-order valence-corrected chi connectivity index (χ3v) is 2.80. The van der Waals surface area contributed by atoms with Gasteiger partial charge in [0, 0.05) is 0 Å². The molecule has 0 spiro atoms. The molecule has 2 aromatic carbocycles. The van der Waals surface area contributed by atoms with Crippen molar-refractivity contribution in [1.29, 1.82) is 0 Å². The van der Waals surface area contributed by atoms with Crippen molar-refractivity contribution in [3.63, 3.8) is 0 Å². The Balaban J connectivity index is 1.98. The Morgan fingerprint density at radius 2 is 1.65 bits per heavy atom. The van der Waals surface area contributed by atoms with Crippen molar-refractivity contribution in [1.82, 2.24) is 5.43 Å². The van der Waals surface area contributed by atoms with E-state index in [0.717, 1.165) is 0 Å². The number of nitrogens with two attached hydrogens (primary N) is 1. The molecule has 0 bridgehead atoms. The van der Waals surface area contributed by atoms with Crippen molar-refractivity contribution >= 4 is 18.2 Å². The molecule has 0 aliphatic carbocycles. The first kappa shape index (κ1) is 16.0. The second-order valence-corrected chi connectivity index (χ2v) is 4.42. The van der Waals surface area contributed by atoms with Crippen LogP contribution in [0.1, 0.15) is 15.9 Å². The number of ether oxygens (including phenoxy) is 2. The summed E-state index contributed by atoms with van der Waals surface area (Å²) in [4.78, 5) is 22.5. The van der Waals surface area contributed by atoms with E-state index in [-0.39, 0.29) is 0 Å². The summed E-state index contributed by atoms with van der Waals surface area (Å²) in [5.74, 6) is 0.588. The molecule has 3 N–H and O–H groups in total. The molecule has 2 aromatic rings. The summed E-state index contributed by atoms with van der Waals surface area (Å²) in [5.41, 5.74) is 8.09. The molecule has 0 radical (unpaired) electrons. The minimum Gasteiger partial charge on any atom is -0.497 e. The van der Waals surface area contributed by atoms with Crippen molar-refractivity contribution in [2.24, 2.45) is 10.8 Å². The van der Waals surface area contributed by atoms with Crippen molar-refractivity contribution in [3.8, 4) is 11.5 Å². The molecule has 0 aliphatic rings. The summed E-state index contributed by atoms with van der Waals surface area (Å²) in [6.07, 6.45) is 1.42. The zero-order valence-corrected chi connectivity index (χ0v) is 12.4. The van der Waals surface area contributed by atoms with E-state index >= 15 is 0 Å². The Bertz CT molecular complexity index is 709. The number of nitrogens with one attached hydrogen (secondary N) is 1. The quantitative estimate of drug-likeness (QED) is 0.381. The minimum absolute atomic E-state index is 0.394. The molecule has 0 saturated heterocycles. The van der Waals surface area contributed by atoms with Crippen molar-refractivity contribution in [2.75, 3.05) is 7.11 Å². The van der Waals surface area contributed by atoms with Crippen LogP contribution >= 0.6 is 0 Å². The third kappa shape index (κ3) is 4.85. The summed E-state index contributed by atoms with van der Waals surface area (Å²) >= 11 is 0. The van der Waals surface area contributed by atoms with Gasteiger partial charge in [-0.15, -0.1) is 0 Å². The van der Waals surface area contributed by atoms with E-state index in [1.807, 2.05) is 0 Å². The van der Waals surface area contributed by atoms with E-state index < -0.39 is 12.0 Å². The van der Waals surface area contributed by atoms with E-state index in [0.29, 0.717) is 22.6 Å². The van der Waals surface area contributed by atoms with Crippen LogP contribution in [0.4, 0.5) is 4.79 Å². The van der Waals surface area contributed by atoms with Gasteiger partial charge in [0.2, 0.25) is 0 Å². The topological polar surface area (TPSA) is 103 Å². The fourth-order valence-electron chi connectivity index (χ4n) is 1.69.